The third-order valence-corrected chi connectivity index (χ3v) is 4.79. The number of nitrogens with two attached hydrogens (primary N) is 1. The lowest BCUT2D eigenvalue weighted by Gasteiger charge is -2.39. The summed E-state index contributed by atoms with van der Waals surface area (Å²) in [6, 6.07) is 9.43. The second-order valence-electron chi connectivity index (χ2n) is 7.65. The van der Waals surface area contributed by atoms with Crippen molar-refractivity contribution < 1.29 is 19.2 Å². The van der Waals surface area contributed by atoms with Crippen LogP contribution in [0, 0.1) is 0 Å². The van der Waals surface area contributed by atoms with Crippen LogP contribution in [0.1, 0.15) is 43.1 Å². The Bertz CT molecular complexity index is 997. The number of thiocarbonyl (C=S) groups is 1. The van der Waals surface area contributed by atoms with Crippen molar-refractivity contribution >= 4 is 34.8 Å². The van der Waals surface area contributed by atoms with Gasteiger partial charge in [-0.3, -0.25) is 15.3 Å². The van der Waals surface area contributed by atoms with E-state index < -0.39 is 23.6 Å². The van der Waals surface area contributed by atoms with Crippen molar-refractivity contribution in [2.45, 2.75) is 32.5 Å². The number of nitrogens with zero attached hydrogens (tertiary/aromatic N) is 2. The Hall–Kier alpha value is -3.37. The second-order valence-corrected chi connectivity index (χ2v) is 8.06. The van der Waals surface area contributed by atoms with Crippen LogP contribution in [0.25, 0.3) is 0 Å². The van der Waals surface area contributed by atoms with E-state index in [0.717, 1.165) is 5.06 Å². The molecule has 1 aromatic carbocycles. The molecule has 0 aliphatic carbocycles. The highest BCUT2D eigenvalue weighted by Gasteiger charge is 2.41. The number of para-hydroxylation sites is 1. The molecule has 2 heterocycles. The molecule has 1 aromatic heterocycles. The number of hydrogen-bond donors (Lipinski definition) is 4. The minimum absolute atomic E-state index is 0.0150. The summed E-state index contributed by atoms with van der Waals surface area (Å²) in [6.07, 6.45) is 2.34. The van der Waals surface area contributed by atoms with Crippen LogP contribution in [0.15, 0.2) is 59.0 Å². The van der Waals surface area contributed by atoms with E-state index in [-0.39, 0.29) is 16.4 Å². The lowest BCUT2D eigenvalue weighted by molar-refractivity contribution is -0.124. The number of anilines is 1. The largest absolute Gasteiger partial charge is 0.459 e. The highest BCUT2D eigenvalue weighted by Crippen LogP contribution is 2.41. The zero-order valence-corrected chi connectivity index (χ0v) is 17.6. The third kappa shape index (κ3) is 4.29. The first-order chi connectivity index (χ1) is 14.1. The Morgan fingerprint density at radius 1 is 1.20 bits per heavy atom. The van der Waals surface area contributed by atoms with Gasteiger partial charge in [-0.25, -0.2) is 9.86 Å². The number of hydroxylamine groups is 2. The molecule has 0 fully saturated rings. The number of rotatable bonds is 4. The molecular weight excluding hydrogens is 406 g/mol. The standard InChI is InChI=1S/C20H23N5O4S/c1-20(2,3)24-11-14(17(30)23-19(21)27)25(28)18(24)12-7-4-5-8-13(12)22-16(26)15-9-6-10-29-15/h4-11,18,28H,1-3H3,(H,22,26)(H3,21,23,27,30). The number of urea groups is 1. The number of furan rings is 1. The molecule has 9 nitrogen and oxygen atoms in total. The van der Waals surface area contributed by atoms with Gasteiger partial charge in [0.25, 0.3) is 5.91 Å². The molecule has 0 saturated carbocycles. The third-order valence-electron chi connectivity index (χ3n) is 4.48. The summed E-state index contributed by atoms with van der Waals surface area (Å²) < 4.78 is 5.15. The number of nitrogens with one attached hydrogen (secondary N) is 2. The zero-order chi connectivity index (χ0) is 22.1. The molecule has 1 unspecified atom stereocenters. The van der Waals surface area contributed by atoms with Gasteiger partial charge in [-0.1, -0.05) is 30.4 Å². The molecular formula is C20H23N5O4S. The Morgan fingerprint density at radius 3 is 2.50 bits per heavy atom. The van der Waals surface area contributed by atoms with Gasteiger partial charge in [-0.15, -0.1) is 0 Å². The first-order valence-corrected chi connectivity index (χ1v) is 9.53. The molecule has 0 spiro atoms. The molecule has 30 heavy (non-hydrogen) atoms. The number of amides is 3. The van der Waals surface area contributed by atoms with Crippen LogP contribution in [0.5, 0.6) is 0 Å². The number of hydrogen-bond acceptors (Lipinski definition) is 7. The molecule has 0 bridgehead atoms. The average Bonchev–Trinajstić information content (AvgIpc) is 3.29. The maximum atomic E-state index is 12.5. The molecule has 2 aromatic rings. The van der Waals surface area contributed by atoms with Crippen molar-refractivity contribution in [3.8, 4) is 0 Å². The number of carbonyl (C=O) groups is 2. The molecule has 0 saturated heterocycles. The van der Waals surface area contributed by atoms with Gasteiger partial charge in [-0.05, 0) is 39.0 Å². The first kappa shape index (κ1) is 21.3. The Morgan fingerprint density at radius 2 is 1.90 bits per heavy atom. The summed E-state index contributed by atoms with van der Waals surface area (Å²) >= 11 is 5.21. The zero-order valence-electron chi connectivity index (χ0n) is 16.7. The van der Waals surface area contributed by atoms with Gasteiger partial charge in [0.1, 0.15) is 10.7 Å². The van der Waals surface area contributed by atoms with Crippen LogP contribution >= 0.6 is 12.2 Å². The van der Waals surface area contributed by atoms with Crippen molar-refractivity contribution in [3.05, 3.63) is 65.9 Å². The Kier molecular flexibility index (Phi) is 5.81. The minimum atomic E-state index is -0.828. The van der Waals surface area contributed by atoms with Crippen LogP contribution in [0.3, 0.4) is 0 Å². The van der Waals surface area contributed by atoms with Crippen molar-refractivity contribution in [2.24, 2.45) is 5.73 Å². The van der Waals surface area contributed by atoms with Crippen LogP contribution in [0.2, 0.25) is 0 Å². The van der Waals surface area contributed by atoms with E-state index >= 15 is 0 Å². The number of primary amides is 1. The van der Waals surface area contributed by atoms with Crippen LogP contribution in [-0.2, 0) is 0 Å². The molecule has 3 rings (SSSR count). The lowest BCUT2D eigenvalue weighted by Crippen LogP contribution is -2.43. The SMILES string of the molecule is CC(C)(C)N1C=C(C(=S)NC(N)=O)N(O)C1c1ccccc1NC(=O)c1ccco1. The molecule has 5 N–H and O–H groups in total. The molecule has 1 aliphatic rings. The fourth-order valence-corrected chi connectivity index (χ4v) is 3.37. The second kappa shape index (κ2) is 8.17. The predicted molar refractivity (Wildman–Crippen MR) is 114 cm³/mol. The molecule has 10 heteroatoms. The molecule has 158 valence electrons. The number of benzene rings is 1. The van der Waals surface area contributed by atoms with Gasteiger partial charge >= 0.3 is 6.03 Å². The van der Waals surface area contributed by atoms with Gasteiger partial charge in [0.2, 0.25) is 0 Å². The van der Waals surface area contributed by atoms with E-state index in [1.54, 1.807) is 42.6 Å². The van der Waals surface area contributed by atoms with Crippen molar-refractivity contribution in [3.63, 3.8) is 0 Å². The summed E-state index contributed by atoms with van der Waals surface area (Å²) in [5.41, 5.74) is 6.03. The van der Waals surface area contributed by atoms with E-state index in [2.05, 4.69) is 10.6 Å². The van der Waals surface area contributed by atoms with Crippen LogP contribution < -0.4 is 16.4 Å². The van der Waals surface area contributed by atoms with Crippen molar-refractivity contribution in [1.82, 2.24) is 15.3 Å². The fraction of sp³-hybridized carbons (Fsp3) is 0.250. The Labute approximate surface area is 179 Å². The highest BCUT2D eigenvalue weighted by atomic mass is 32.1. The fourth-order valence-electron chi connectivity index (χ4n) is 3.12. The van der Waals surface area contributed by atoms with Gasteiger partial charge in [-0.2, -0.15) is 0 Å². The molecule has 0 radical (unpaired) electrons. The highest BCUT2D eigenvalue weighted by molar-refractivity contribution is 7.80. The quantitative estimate of drug-likeness (QED) is 0.550. The summed E-state index contributed by atoms with van der Waals surface area (Å²) in [5.74, 6) is -0.258. The molecule has 3 amide bonds. The predicted octanol–water partition coefficient (Wildman–Crippen LogP) is 3.17. The van der Waals surface area contributed by atoms with E-state index in [1.807, 2.05) is 25.7 Å². The van der Waals surface area contributed by atoms with Crippen LogP contribution in [-0.4, -0.2) is 37.6 Å². The van der Waals surface area contributed by atoms with E-state index in [0.29, 0.717) is 11.3 Å². The Balaban J connectivity index is 1.98. The lowest BCUT2D eigenvalue weighted by atomic mass is 10.0. The van der Waals surface area contributed by atoms with E-state index in [1.165, 1.54) is 6.26 Å². The smallest absolute Gasteiger partial charge is 0.317 e. The maximum absolute atomic E-state index is 12.5. The molecule has 1 aliphatic heterocycles. The van der Waals surface area contributed by atoms with Crippen molar-refractivity contribution in [2.75, 3.05) is 5.32 Å². The summed E-state index contributed by atoms with van der Waals surface area (Å²) in [5, 5.41) is 17.1. The summed E-state index contributed by atoms with van der Waals surface area (Å²) in [6.45, 7) is 5.88. The topological polar surface area (TPSA) is 124 Å². The van der Waals surface area contributed by atoms with E-state index in [9.17, 15) is 14.8 Å². The van der Waals surface area contributed by atoms with Gasteiger partial charge in [0.15, 0.2) is 11.9 Å². The first-order valence-electron chi connectivity index (χ1n) is 9.12. The summed E-state index contributed by atoms with van der Waals surface area (Å²) in [4.78, 5) is 25.6. The van der Waals surface area contributed by atoms with Gasteiger partial charge in [0, 0.05) is 23.0 Å². The monoisotopic (exact) mass is 429 g/mol. The summed E-state index contributed by atoms with van der Waals surface area (Å²) in [7, 11) is 0. The van der Waals surface area contributed by atoms with E-state index in [4.69, 9.17) is 22.4 Å². The normalized spacial score (nSPS) is 16.3. The minimum Gasteiger partial charge on any atom is -0.459 e. The van der Waals surface area contributed by atoms with Gasteiger partial charge in [0.05, 0.1) is 6.26 Å². The molecule has 1 atom stereocenters. The van der Waals surface area contributed by atoms with Crippen molar-refractivity contribution in [1.29, 1.82) is 0 Å². The average molecular weight is 430 g/mol. The van der Waals surface area contributed by atoms with Crippen LogP contribution in [0.4, 0.5) is 10.5 Å². The number of carbonyl (C=O) groups excluding carboxylic acids is 2. The maximum Gasteiger partial charge on any atom is 0.317 e. The van der Waals surface area contributed by atoms with Gasteiger partial charge < -0.3 is 20.4 Å².